The summed E-state index contributed by atoms with van der Waals surface area (Å²) in [4.78, 5) is 16.8. The number of fused-ring (bicyclic) bond motifs is 1. The molecule has 1 aromatic carbocycles. The van der Waals surface area contributed by atoms with Gasteiger partial charge >= 0.3 is 0 Å². The van der Waals surface area contributed by atoms with E-state index in [0.717, 1.165) is 62.0 Å². The zero-order chi connectivity index (χ0) is 17.7. The fourth-order valence-electron chi connectivity index (χ4n) is 3.45. The predicted molar refractivity (Wildman–Crippen MR) is 96.3 cm³/mol. The molecule has 4 rings (SSSR count). The molecular formula is C19H19N5O. The van der Waals surface area contributed by atoms with Gasteiger partial charge in [0.05, 0.1) is 16.7 Å². The number of hydrogen-bond acceptors (Lipinski definition) is 5. The average molecular weight is 333 g/mol. The number of imidazole rings is 1. The number of nitrogens with zero attached hydrogens (tertiary/aromatic N) is 4. The first-order valence-corrected chi connectivity index (χ1v) is 8.18. The van der Waals surface area contributed by atoms with Crippen molar-refractivity contribution in [3.05, 3.63) is 47.1 Å². The molecule has 0 spiro atoms. The molecule has 0 radical (unpaired) electrons. The average Bonchev–Trinajstić information content (AvgIpc) is 3.08. The fraction of sp³-hybridized carbons (Fsp3) is 0.263. The second-order valence-corrected chi connectivity index (χ2v) is 6.36. The summed E-state index contributed by atoms with van der Waals surface area (Å²) in [5.41, 5.74) is 8.75. The van der Waals surface area contributed by atoms with Crippen molar-refractivity contribution in [3.8, 4) is 22.3 Å². The summed E-state index contributed by atoms with van der Waals surface area (Å²) in [6, 6.07) is 4.23. The molecule has 3 aromatic heterocycles. The van der Waals surface area contributed by atoms with Crippen molar-refractivity contribution in [1.82, 2.24) is 25.1 Å². The van der Waals surface area contributed by atoms with Gasteiger partial charge in [-0.3, -0.25) is 0 Å². The highest BCUT2D eigenvalue weighted by Crippen LogP contribution is 2.37. The van der Waals surface area contributed by atoms with E-state index in [9.17, 15) is 0 Å². The summed E-state index contributed by atoms with van der Waals surface area (Å²) in [5.74, 6) is 1.68. The Morgan fingerprint density at radius 1 is 0.880 bits per heavy atom. The lowest BCUT2D eigenvalue weighted by atomic mass is 9.95. The molecule has 6 nitrogen and oxygen atoms in total. The standard InChI is InChI=1S/C19H19N5O/c1-9-17(10(2)21-8-20-9)15-6-14(18-11(3)24-25-12(18)4)7-16-19(15)23-13(5)22-16/h6-8H,1-5H3,(H,22,23). The molecule has 126 valence electrons. The minimum Gasteiger partial charge on any atom is -0.361 e. The molecule has 4 aromatic rings. The van der Waals surface area contributed by atoms with Crippen LogP contribution in [0, 0.1) is 34.6 Å². The first-order valence-electron chi connectivity index (χ1n) is 8.18. The number of H-pyrrole nitrogens is 1. The third-order valence-corrected chi connectivity index (χ3v) is 4.52. The molecule has 25 heavy (non-hydrogen) atoms. The molecular weight excluding hydrogens is 314 g/mol. The van der Waals surface area contributed by atoms with Gasteiger partial charge in [-0.2, -0.15) is 0 Å². The molecule has 0 aliphatic heterocycles. The molecule has 0 saturated heterocycles. The summed E-state index contributed by atoms with van der Waals surface area (Å²) in [6.45, 7) is 9.84. The zero-order valence-electron chi connectivity index (χ0n) is 14.9. The molecule has 0 atom stereocenters. The summed E-state index contributed by atoms with van der Waals surface area (Å²) in [5, 5.41) is 4.09. The van der Waals surface area contributed by atoms with Gasteiger partial charge in [-0.1, -0.05) is 5.16 Å². The zero-order valence-corrected chi connectivity index (χ0v) is 14.9. The van der Waals surface area contributed by atoms with Crippen molar-refractivity contribution >= 4 is 11.0 Å². The number of benzene rings is 1. The van der Waals surface area contributed by atoms with E-state index >= 15 is 0 Å². The lowest BCUT2D eigenvalue weighted by Crippen LogP contribution is -1.96. The van der Waals surface area contributed by atoms with Gasteiger partial charge in [-0.15, -0.1) is 0 Å². The van der Waals surface area contributed by atoms with Gasteiger partial charge in [0.15, 0.2) is 0 Å². The SMILES string of the molecule is Cc1nc2c(-c3c(C)ncnc3C)cc(-c3c(C)noc3C)cc2[nH]1. The van der Waals surface area contributed by atoms with Gasteiger partial charge in [0.2, 0.25) is 0 Å². The normalized spacial score (nSPS) is 11.4. The van der Waals surface area contributed by atoms with Crippen molar-refractivity contribution in [2.24, 2.45) is 0 Å². The topological polar surface area (TPSA) is 80.5 Å². The second kappa shape index (κ2) is 5.51. The molecule has 0 amide bonds. The van der Waals surface area contributed by atoms with Crippen LogP contribution in [0.3, 0.4) is 0 Å². The van der Waals surface area contributed by atoms with Gasteiger partial charge < -0.3 is 9.51 Å². The highest BCUT2D eigenvalue weighted by atomic mass is 16.5. The summed E-state index contributed by atoms with van der Waals surface area (Å²) in [6.07, 6.45) is 1.60. The molecule has 0 fully saturated rings. The monoisotopic (exact) mass is 333 g/mol. The first-order chi connectivity index (χ1) is 12.0. The summed E-state index contributed by atoms with van der Waals surface area (Å²) >= 11 is 0. The van der Waals surface area contributed by atoms with Crippen LogP contribution in [0.25, 0.3) is 33.3 Å². The number of nitrogens with one attached hydrogen (secondary N) is 1. The molecule has 0 unspecified atom stereocenters. The van der Waals surface area contributed by atoms with Crippen molar-refractivity contribution in [2.75, 3.05) is 0 Å². The smallest absolute Gasteiger partial charge is 0.141 e. The maximum atomic E-state index is 5.36. The lowest BCUT2D eigenvalue weighted by molar-refractivity contribution is 0.393. The number of aryl methyl sites for hydroxylation is 5. The maximum absolute atomic E-state index is 5.36. The van der Waals surface area contributed by atoms with E-state index in [2.05, 4.69) is 37.2 Å². The molecule has 6 heteroatoms. The van der Waals surface area contributed by atoms with Crippen LogP contribution in [-0.2, 0) is 0 Å². The summed E-state index contributed by atoms with van der Waals surface area (Å²) < 4.78 is 5.36. The van der Waals surface area contributed by atoms with Crippen LogP contribution in [0.4, 0.5) is 0 Å². The quantitative estimate of drug-likeness (QED) is 0.594. The van der Waals surface area contributed by atoms with Gasteiger partial charge in [-0.25, -0.2) is 15.0 Å². The van der Waals surface area contributed by atoms with Crippen LogP contribution >= 0.6 is 0 Å². The van der Waals surface area contributed by atoms with Crippen LogP contribution in [0.5, 0.6) is 0 Å². The van der Waals surface area contributed by atoms with E-state index in [4.69, 9.17) is 4.52 Å². The Labute approximate surface area is 145 Å². The first kappa shape index (κ1) is 15.5. The predicted octanol–water partition coefficient (Wildman–Crippen LogP) is 4.22. The minimum atomic E-state index is 0.803. The van der Waals surface area contributed by atoms with Crippen molar-refractivity contribution < 1.29 is 4.52 Å². The third-order valence-electron chi connectivity index (χ3n) is 4.52. The highest BCUT2D eigenvalue weighted by molar-refractivity contribution is 5.97. The largest absolute Gasteiger partial charge is 0.361 e. The van der Waals surface area contributed by atoms with Gasteiger partial charge in [-0.05, 0) is 52.3 Å². The molecule has 1 N–H and O–H groups in total. The Morgan fingerprint density at radius 3 is 2.24 bits per heavy atom. The van der Waals surface area contributed by atoms with Gasteiger partial charge in [0, 0.05) is 28.1 Å². The van der Waals surface area contributed by atoms with Crippen LogP contribution in [0.15, 0.2) is 23.0 Å². The van der Waals surface area contributed by atoms with Crippen LogP contribution in [0.1, 0.15) is 28.7 Å². The summed E-state index contributed by atoms with van der Waals surface area (Å²) in [7, 11) is 0. The Morgan fingerprint density at radius 2 is 1.60 bits per heavy atom. The van der Waals surface area contributed by atoms with Crippen molar-refractivity contribution in [2.45, 2.75) is 34.6 Å². The molecule has 0 bridgehead atoms. The van der Waals surface area contributed by atoms with E-state index in [0.29, 0.717) is 0 Å². The van der Waals surface area contributed by atoms with Gasteiger partial charge in [0.25, 0.3) is 0 Å². The van der Waals surface area contributed by atoms with Crippen LogP contribution < -0.4 is 0 Å². The fourth-order valence-corrected chi connectivity index (χ4v) is 3.45. The number of aromatic nitrogens is 5. The van der Waals surface area contributed by atoms with Gasteiger partial charge in [0.1, 0.15) is 17.9 Å². The number of aromatic amines is 1. The Bertz CT molecular complexity index is 1070. The van der Waals surface area contributed by atoms with Crippen molar-refractivity contribution in [1.29, 1.82) is 0 Å². The Balaban J connectivity index is 2.10. The number of rotatable bonds is 2. The lowest BCUT2D eigenvalue weighted by Gasteiger charge is -2.11. The van der Waals surface area contributed by atoms with E-state index in [1.165, 1.54) is 0 Å². The molecule has 0 aliphatic rings. The second-order valence-electron chi connectivity index (χ2n) is 6.36. The Hall–Kier alpha value is -3.02. The van der Waals surface area contributed by atoms with E-state index < -0.39 is 0 Å². The van der Waals surface area contributed by atoms with E-state index in [1.807, 2.05) is 34.6 Å². The van der Waals surface area contributed by atoms with Crippen LogP contribution in [-0.4, -0.2) is 25.1 Å². The third kappa shape index (κ3) is 2.41. The number of hydrogen-bond donors (Lipinski definition) is 1. The van der Waals surface area contributed by atoms with Crippen LogP contribution in [0.2, 0.25) is 0 Å². The maximum Gasteiger partial charge on any atom is 0.141 e. The minimum absolute atomic E-state index is 0.803. The highest BCUT2D eigenvalue weighted by Gasteiger charge is 2.19. The van der Waals surface area contributed by atoms with E-state index in [1.54, 1.807) is 6.33 Å². The molecule has 0 saturated carbocycles. The molecule has 3 heterocycles. The van der Waals surface area contributed by atoms with Crippen molar-refractivity contribution in [3.63, 3.8) is 0 Å². The Kier molecular flexibility index (Phi) is 3.42. The molecule has 0 aliphatic carbocycles. The van der Waals surface area contributed by atoms with E-state index in [-0.39, 0.29) is 0 Å².